The van der Waals surface area contributed by atoms with E-state index < -0.39 is 29.6 Å². The van der Waals surface area contributed by atoms with Gasteiger partial charge in [0.05, 0.1) is 18.8 Å². The Bertz CT molecular complexity index is 1250. The number of ether oxygens (including phenoxy) is 1. The van der Waals surface area contributed by atoms with Gasteiger partial charge in [0.2, 0.25) is 11.9 Å². The predicted molar refractivity (Wildman–Crippen MR) is 140 cm³/mol. The topological polar surface area (TPSA) is 150 Å². The number of nitrogens with one attached hydrogen (secondary N) is 2. The van der Waals surface area contributed by atoms with E-state index in [4.69, 9.17) is 10.5 Å². The lowest BCUT2D eigenvalue weighted by Gasteiger charge is -2.26. The number of likely N-dealkylation sites (N-methyl/N-ethyl adjacent to an activating group) is 1. The number of rotatable bonds is 9. The molecule has 11 nitrogen and oxygen atoms in total. The summed E-state index contributed by atoms with van der Waals surface area (Å²) in [6.45, 7) is 4.83. The summed E-state index contributed by atoms with van der Waals surface area (Å²) in [5, 5.41) is 15.0. The van der Waals surface area contributed by atoms with Crippen LogP contribution in [0.4, 0.5) is 30.6 Å². The molecule has 1 atom stereocenters. The monoisotopic (exact) mass is 566 g/mol. The minimum Gasteiger partial charge on any atom is -0.379 e. The molecule has 1 aliphatic rings. The zero-order valence-electron chi connectivity index (χ0n) is 21.6. The molecule has 1 aromatic carbocycles. The van der Waals surface area contributed by atoms with Crippen molar-refractivity contribution in [3.63, 3.8) is 0 Å². The van der Waals surface area contributed by atoms with Crippen LogP contribution in [0.25, 0.3) is 0 Å². The van der Waals surface area contributed by atoms with Gasteiger partial charge in [-0.25, -0.2) is 4.98 Å². The van der Waals surface area contributed by atoms with E-state index in [0.717, 1.165) is 12.1 Å². The highest BCUT2D eigenvalue weighted by atomic mass is 32.2. The number of benzene rings is 1. The van der Waals surface area contributed by atoms with Gasteiger partial charge < -0.3 is 26.0 Å². The zero-order valence-corrected chi connectivity index (χ0v) is 22.4. The van der Waals surface area contributed by atoms with Crippen molar-refractivity contribution in [2.45, 2.75) is 24.2 Å². The molecule has 210 valence electrons. The molecule has 1 saturated heterocycles. The number of aromatic nitrogens is 2. The van der Waals surface area contributed by atoms with Crippen molar-refractivity contribution in [2.75, 3.05) is 68.6 Å². The van der Waals surface area contributed by atoms with Crippen molar-refractivity contribution in [2.24, 2.45) is 0 Å². The number of morpholine rings is 1. The summed E-state index contributed by atoms with van der Waals surface area (Å²) < 4.78 is 46.1. The van der Waals surface area contributed by atoms with Gasteiger partial charge in [-0.1, -0.05) is 0 Å². The molecule has 39 heavy (non-hydrogen) atoms. The largest absolute Gasteiger partial charge is 0.416 e. The van der Waals surface area contributed by atoms with E-state index in [2.05, 4.69) is 25.5 Å². The van der Waals surface area contributed by atoms with Crippen LogP contribution in [0, 0.1) is 11.3 Å². The highest BCUT2D eigenvalue weighted by Crippen LogP contribution is 2.32. The van der Waals surface area contributed by atoms with Gasteiger partial charge in [0.15, 0.2) is 5.82 Å². The molecular formula is C24H29F3N8O3S. The minimum absolute atomic E-state index is 0.0985. The Morgan fingerprint density at radius 3 is 2.59 bits per heavy atom. The van der Waals surface area contributed by atoms with E-state index >= 15 is 0 Å². The van der Waals surface area contributed by atoms with Crippen LogP contribution in [-0.4, -0.2) is 85.4 Å². The third-order valence-corrected chi connectivity index (χ3v) is 6.76. The number of thioether (sulfide) groups is 1. The van der Waals surface area contributed by atoms with Crippen LogP contribution in [0.1, 0.15) is 28.4 Å². The molecule has 2 amide bonds. The Morgan fingerprint density at radius 1 is 1.28 bits per heavy atom. The fraction of sp³-hybridized carbons (Fsp3) is 0.458. The fourth-order valence-corrected chi connectivity index (χ4v) is 4.33. The van der Waals surface area contributed by atoms with Crippen molar-refractivity contribution in [1.82, 2.24) is 20.2 Å². The maximum Gasteiger partial charge on any atom is 0.416 e. The van der Waals surface area contributed by atoms with Gasteiger partial charge in [-0.3, -0.25) is 14.5 Å². The predicted octanol–water partition coefficient (Wildman–Crippen LogP) is 2.20. The quantitative estimate of drug-likeness (QED) is 0.305. The summed E-state index contributed by atoms with van der Waals surface area (Å²) in [6, 6.07) is 3.68. The summed E-state index contributed by atoms with van der Waals surface area (Å²) in [5.41, 5.74) is 4.32. The minimum atomic E-state index is -4.75. The van der Waals surface area contributed by atoms with Crippen LogP contribution in [0.5, 0.6) is 0 Å². The average molecular weight is 567 g/mol. The number of nitrogens with zero attached hydrogens (tertiary/aromatic N) is 5. The van der Waals surface area contributed by atoms with E-state index in [0.29, 0.717) is 37.9 Å². The number of amides is 2. The first-order valence-electron chi connectivity index (χ1n) is 11.9. The smallest absolute Gasteiger partial charge is 0.379 e. The van der Waals surface area contributed by atoms with E-state index in [1.165, 1.54) is 36.7 Å². The van der Waals surface area contributed by atoms with Gasteiger partial charge in [-0.2, -0.15) is 23.4 Å². The SMILES string of the molecule is CSc1nc(N)nc(N(C)[C@@H](C)C(=O)Nc2cc(C(=O)NCCN3CCOCC3)cc(C(F)(F)F)c2)c1C#N. The lowest BCUT2D eigenvalue weighted by Crippen LogP contribution is -2.41. The first-order valence-corrected chi connectivity index (χ1v) is 13.1. The molecule has 1 aliphatic heterocycles. The van der Waals surface area contributed by atoms with Crippen LogP contribution >= 0.6 is 11.8 Å². The van der Waals surface area contributed by atoms with Crippen molar-refractivity contribution in [3.8, 4) is 6.07 Å². The van der Waals surface area contributed by atoms with Gasteiger partial charge in [0.1, 0.15) is 22.7 Å². The second-order valence-electron chi connectivity index (χ2n) is 8.68. The van der Waals surface area contributed by atoms with Crippen LogP contribution in [0.2, 0.25) is 0 Å². The third-order valence-electron chi connectivity index (χ3n) is 6.08. The van der Waals surface area contributed by atoms with E-state index in [1.807, 2.05) is 6.07 Å². The Kier molecular flexibility index (Phi) is 9.95. The summed E-state index contributed by atoms with van der Waals surface area (Å²) in [4.78, 5) is 37.3. The maximum absolute atomic E-state index is 13.6. The molecular weight excluding hydrogens is 537 g/mol. The molecule has 3 rings (SSSR count). The summed E-state index contributed by atoms with van der Waals surface area (Å²) in [5.74, 6) is -1.40. The van der Waals surface area contributed by atoms with Crippen molar-refractivity contribution < 1.29 is 27.5 Å². The Hall–Kier alpha value is -3.61. The van der Waals surface area contributed by atoms with E-state index in [1.54, 1.807) is 6.26 Å². The third kappa shape index (κ3) is 7.71. The first kappa shape index (κ1) is 29.9. The number of nitrogen functional groups attached to an aromatic ring is 1. The summed E-state index contributed by atoms with van der Waals surface area (Å²) in [7, 11) is 1.50. The fourth-order valence-electron chi connectivity index (χ4n) is 3.80. The van der Waals surface area contributed by atoms with Crippen molar-refractivity contribution in [3.05, 3.63) is 34.9 Å². The second-order valence-corrected chi connectivity index (χ2v) is 9.48. The number of nitriles is 1. The molecule has 4 N–H and O–H groups in total. The van der Waals surface area contributed by atoms with Gasteiger partial charge in [-0.05, 0) is 31.4 Å². The number of halogens is 3. The standard InChI is InChI=1S/C24H29F3N8O3S/c1-14(34(2)19-18(13-28)22(39-3)33-23(29)32-19)20(36)31-17-11-15(10-16(12-17)24(25,26)27)21(37)30-4-5-35-6-8-38-9-7-35/h10-12,14H,4-9H2,1-3H3,(H,30,37)(H,31,36)(H2,29,32,33)/t14-/m0/s1. The molecule has 1 aromatic heterocycles. The van der Waals surface area contributed by atoms with Crippen LogP contribution in [0.3, 0.4) is 0 Å². The molecule has 0 radical (unpaired) electrons. The average Bonchev–Trinajstić information content (AvgIpc) is 2.91. The van der Waals surface area contributed by atoms with Gasteiger partial charge in [0, 0.05) is 44.5 Å². The molecule has 0 aliphatic carbocycles. The zero-order chi connectivity index (χ0) is 28.7. The number of carbonyl (C=O) groups excluding carboxylic acids is 2. The molecule has 2 heterocycles. The molecule has 0 saturated carbocycles. The molecule has 1 fully saturated rings. The van der Waals surface area contributed by atoms with Gasteiger partial charge in [-0.15, -0.1) is 11.8 Å². The first-order chi connectivity index (χ1) is 18.4. The molecule has 15 heteroatoms. The molecule has 0 spiro atoms. The van der Waals surface area contributed by atoms with Gasteiger partial charge >= 0.3 is 6.18 Å². The Balaban J connectivity index is 1.78. The summed E-state index contributed by atoms with van der Waals surface area (Å²) in [6.07, 6.45) is -3.05. The maximum atomic E-state index is 13.6. The van der Waals surface area contributed by atoms with Crippen LogP contribution in [-0.2, 0) is 15.7 Å². The van der Waals surface area contributed by atoms with Crippen molar-refractivity contribution >= 4 is 41.0 Å². The number of hydrogen-bond acceptors (Lipinski definition) is 10. The lowest BCUT2D eigenvalue weighted by atomic mass is 10.1. The van der Waals surface area contributed by atoms with Crippen molar-refractivity contribution in [1.29, 1.82) is 5.26 Å². The normalized spacial score (nSPS) is 14.8. The Morgan fingerprint density at radius 2 is 1.97 bits per heavy atom. The number of carbonyl (C=O) groups is 2. The molecule has 0 bridgehead atoms. The lowest BCUT2D eigenvalue weighted by molar-refractivity contribution is -0.137. The number of nitrogens with two attached hydrogens (primary N) is 1. The number of hydrogen-bond donors (Lipinski definition) is 3. The molecule has 2 aromatic rings. The highest BCUT2D eigenvalue weighted by molar-refractivity contribution is 7.98. The second kappa shape index (κ2) is 13.0. The van der Waals surface area contributed by atoms with Gasteiger partial charge in [0.25, 0.3) is 5.91 Å². The van der Waals surface area contributed by atoms with E-state index in [9.17, 15) is 28.0 Å². The van der Waals surface area contributed by atoms with Crippen LogP contribution in [0.15, 0.2) is 23.2 Å². The molecule has 0 unspecified atom stereocenters. The summed E-state index contributed by atoms with van der Waals surface area (Å²) >= 11 is 1.18. The highest BCUT2D eigenvalue weighted by Gasteiger charge is 2.32. The number of anilines is 3. The Labute approximate surface area is 227 Å². The van der Waals surface area contributed by atoms with E-state index in [-0.39, 0.29) is 35.1 Å². The number of alkyl halides is 3. The van der Waals surface area contributed by atoms with Crippen LogP contribution < -0.4 is 21.3 Å².